The Morgan fingerprint density at radius 1 is 1.06 bits per heavy atom. The molecule has 1 amide bonds. The molecule has 13 heteroatoms. The van der Waals surface area contributed by atoms with Gasteiger partial charge >= 0.3 is 6.18 Å². The molecule has 5 rings (SSSR count). The van der Waals surface area contributed by atoms with E-state index in [1.54, 1.807) is 23.2 Å². The second-order valence-corrected chi connectivity index (χ2v) is 9.65. The monoisotopic (exact) mass is 494 g/mol. The zero-order valence-electron chi connectivity index (χ0n) is 19.0. The van der Waals surface area contributed by atoms with Crippen LogP contribution < -0.4 is 9.80 Å². The lowest BCUT2D eigenvalue weighted by Gasteiger charge is -2.35. The zero-order valence-corrected chi connectivity index (χ0v) is 19.8. The van der Waals surface area contributed by atoms with Crippen molar-refractivity contribution in [1.82, 2.24) is 29.6 Å². The molecule has 0 aliphatic carbocycles. The third-order valence-corrected chi connectivity index (χ3v) is 7.31. The number of aryl methyl sites for hydroxylation is 1. The quantitative estimate of drug-likeness (QED) is 0.552. The molecule has 182 valence electrons. The summed E-state index contributed by atoms with van der Waals surface area (Å²) >= 11 is 1.63. The van der Waals surface area contributed by atoms with Crippen LogP contribution in [-0.4, -0.2) is 68.3 Å². The van der Waals surface area contributed by atoms with Gasteiger partial charge in [-0.2, -0.15) is 18.2 Å². The van der Waals surface area contributed by atoms with Crippen LogP contribution in [0.1, 0.15) is 36.8 Å². The molecule has 0 saturated carbocycles. The predicted octanol–water partition coefficient (Wildman–Crippen LogP) is 2.94. The molecule has 1 saturated heterocycles. The van der Waals surface area contributed by atoms with Gasteiger partial charge in [0, 0.05) is 51.1 Å². The van der Waals surface area contributed by atoms with Crippen LogP contribution in [0.4, 0.5) is 24.9 Å². The smallest absolute Gasteiger partial charge is 0.347 e. The fourth-order valence-corrected chi connectivity index (χ4v) is 5.59. The highest BCUT2D eigenvalue weighted by Crippen LogP contribution is 2.36. The molecule has 0 N–H and O–H groups in total. The van der Waals surface area contributed by atoms with Crippen LogP contribution in [-0.2, 0) is 30.5 Å². The van der Waals surface area contributed by atoms with Gasteiger partial charge in [0.25, 0.3) is 0 Å². The highest BCUT2D eigenvalue weighted by Gasteiger charge is 2.40. The van der Waals surface area contributed by atoms with E-state index in [2.05, 4.69) is 28.1 Å². The minimum Gasteiger partial charge on any atom is -0.347 e. The molecule has 3 aromatic heterocycles. The minimum atomic E-state index is -4.53. The molecule has 2 aliphatic heterocycles. The van der Waals surface area contributed by atoms with Gasteiger partial charge in [-0.15, -0.1) is 21.5 Å². The molecule has 34 heavy (non-hydrogen) atoms. The molecule has 9 nitrogen and oxygen atoms in total. The summed E-state index contributed by atoms with van der Waals surface area (Å²) in [6.45, 7) is 6.81. The van der Waals surface area contributed by atoms with Crippen molar-refractivity contribution in [2.24, 2.45) is 0 Å². The van der Waals surface area contributed by atoms with Crippen LogP contribution in [0, 0.1) is 0 Å². The fourth-order valence-electron chi connectivity index (χ4n) is 4.47. The molecule has 2 aliphatic rings. The number of carbonyl (C=O) groups excluding carboxylic acids is 1. The molecule has 1 fully saturated rings. The van der Waals surface area contributed by atoms with Crippen molar-refractivity contribution in [3.8, 4) is 0 Å². The van der Waals surface area contributed by atoms with Gasteiger partial charge in [-0.1, -0.05) is 13.3 Å². The van der Waals surface area contributed by atoms with Crippen molar-refractivity contribution < 1.29 is 18.0 Å². The molecule has 0 spiro atoms. The van der Waals surface area contributed by atoms with E-state index in [0.29, 0.717) is 44.5 Å². The van der Waals surface area contributed by atoms with Crippen molar-refractivity contribution in [3.05, 3.63) is 22.6 Å². The summed E-state index contributed by atoms with van der Waals surface area (Å²) in [4.78, 5) is 29.3. The van der Waals surface area contributed by atoms with Gasteiger partial charge in [0.2, 0.25) is 17.7 Å². The van der Waals surface area contributed by atoms with E-state index in [9.17, 15) is 18.0 Å². The summed E-state index contributed by atoms with van der Waals surface area (Å²) in [5.74, 6) is 0.648. The molecule has 5 heterocycles. The number of piperazine rings is 1. The van der Waals surface area contributed by atoms with Gasteiger partial charge in [-0.3, -0.25) is 4.79 Å². The maximum Gasteiger partial charge on any atom is 0.451 e. The first-order chi connectivity index (χ1) is 16.2. The van der Waals surface area contributed by atoms with Gasteiger partial charge in [-0.25, -0.2) is 4.98 Å². The second kappa shape index (κ2) is 8.67. The van der Waals surface area contributed by atoms with Crippen molar-refractivity contribution in [2.45, 2.75) is 46.0 Å². The van der Waals surface area contributed by atoms with E-state index in [1.165, 1.54) is 4.88 Å². The van der Waals surface area contributed by atoms with Crippen LogP contribution in [0.15, 0.2) is 6.07 Å². The maximum absolute atomic E-state index is 13.3. The number of anilines is 2. The van der Waals surface area contributed by atoms with Crippen LogP contribution >= 0.6 is 11.3 Å². The highest BCUT2D eigenvalue weighted by molar-refractivity contribution is 7.18. The van der Waals surface area contributed by atoms with E-state index in [-0.39, 0.29) is 24.8 Å². The number of halogens is 3. The summed E-state index contributed by atoms with van der Waals surface area (Å²) in [6, 6.07) is 2.09. The molecule has 0 bridgehead atoms. The number of rotatable bonds is 4. The lowest BCUT2D eigenvalue weighted by molar-refractivity contribution is -0.147. The van der Waals surface area contributed by atoms with Crippen molar-refractivity contribution >= 4 is 39.2 Å². The van der Waals surface area contributed by atoms with Gasteiger partial charge in [-0.05, 0) is 12.5 Å². The predicted molar refractivity (Wildman–Crippen MR) is 122 cm³/mol. The molecular formula is C21H25F3N8OS. The van der Waals surface area contributed by atoms with Crippen LogP contribution in [0.2, 0.25) is 0 Å². The van der Waals surface area contributed by atoms with Crippen molar-refractivity contribution in [1.29, 1.82) is 0 Å². The summed E-state index contributed by atoms with van der Waals surface area (Å²) < 4.78 is 40.9. The van der Waals surface area contributed by atoms with E-state index in [1.807, 2.05) is 4.90 Å². The highest BCUT2D eigenvalue weighted by atomic mass is 32.1. The SMILES string of the molecule is CCCc1cc2c(N3CCn4c(nnc4C(F)(F)F)C3)nc(N3CCN(C(C)=O)CC3)nc2s1. The molecule has 3 aromatic rings. The van der Waals surface area contributed by atoms with E-state index in [0.717, 1.165) is 27.6 Å². The lowest BCUT2D eigenvalue weighted by Crippen LogP contribution is -2.48. The first-order valence-electron chi connectivity index (χ1n) is 11.3. The third kappa shape index (κ3) is 4.17. The number of fused-ring (bicyclic) bond motifs is 2. The lowest BCUT2D eigenvalue weighted by atomic mass is 10.2. The summed E-state index contributed by atoms with van der Waals surface area (Å²) in [7, 11) is 0. The minimum absolute atomic E-state index is 0.0508. The van der Waals surface area contributed by atoms with Gasteiger partial charge < -0.3 is 19.3 Å². The number of alkyl halides is 3. The fraction of sp³-hybridized carbons (Fsp3) is 0.571. The average molecular weight is 495 g/mol. The number of hydrogen-bond acceptors (Lipinski definition) is 8. The number of amides is 1. The Morgan fingerprint density at radius 2 is 1.79 bits per heavy atom. The van der Waals surface area contributed by atoms with Gasteiger partial charge in [0.15, 0.2) is 5.82 Å². The molecule has 0 unspecified atom stereocenters. The van der Waals surface area contributed by atoms with Crippen LogP contribution in [0.3, 0.4) is 0 Å². The molecular weight excluding hydrogens is 469 g/mol. The van der Waals surface area contributed by atoms with Crippen molar-refractivity contribution in [2.75, 3.05) is 42.5 Å². The summed E-state index contributed by atoms with van der Waals surface area (Å²) in [5, 5.41) is 8.11. The number of aromatic nitrogens is 5. The number of carbonyl (C=O) groups is 1. The first kappa shape index (κ1) is 22.8. The average Bonchev–Trinajstić information content (AvgIpc) is 3.41. The van der Waals surface area contributed by atoms with Crippen LogP contribution in [0.25, 0.3) is 10.2 Å². The van der Waals surface area contributed by atoms with E-state index < -0.39 is 12.0 Å². The molecule has 0 radical (unpaired) electrons. The van der Waals surface area contributed by atoms with Gasteiger partial charge in [0.1, 0.15) is 10.6 Å². The molecule has 0 atom stereocenters. The third-order valence-electron chi connectivity index (χ3n) is 6.22. The summed E-state index contributed by atoms with van der Waals surface area (Å²) in [5.41, 5.74) is 0. The first-order valence-corrected chi connectivity index (χ1v) is 12.1. The van der Waals surface area contributed by atoms with E-state index in [4.69, 9.17) is 9.97 Å². The Hall–Kier alpha value is -2.96. The maximum atomic E-state index is 13.3. The number of nitrogens with zero attached hydrogens (tertiary/aromatic N) is 8. The summed E-state index contributed by atoms with van der Waals surface area (Å²) in [6.07, 6.45) is -2.61. The Balaban J connectivity index is 1.49. The number of hydrogen-bond donors (Lipinski definition) is 0. The Labute approximate surface area is 198 Å². The normalized spacial score (nSPS) is 16.9. The Kier molecular flexibility index (Phi) is 5.82. The molecule has 0 aromatic carbocycles. The standard InChI is InChI=1S/C21H25F3N8OS/c1-3-4-14-11-15-17(31-9-10-32-16(12-31)27-28-19(32)21(22,23)24)25-20(26-18(15)34-14)30-7-5-29(6-8-30)13(2)33/h11H,3-10,12H2,1-2H3. The Bertz CT molecular complexity index is 1210. The van der Waals surface area contributed by atoms with Gasteiger partial charge in [0.05, 0.1) is 11.9 Å². The zero-order chi connectivity index (χ0) is 24.0. The number of thiophene rings is 1. The second-order valence-electron chi connectivity index (χ2n) is 8.53. The van der Waals surface area contributed by atoms with Crippen molar-refractivity contribution in [3.63, 3.8) is 0 Å². The van der Waals surface area contributed by atoms with E-state index >= 15 is 0 Å². The Morgan fingerprint density at radius 3 is 2.47 bits per heavy atom. The topological polar surface area (TPSA) is 83.3 Å². The van der Waals surface area contributed by atoms with Crippen LogP contribution in [0.5, 0.6) is 0 Å². The largest absolute Gasteiger partial charge is 0.451 e.